The van der Waals surface area contributed by atoms with Gasteiger partial charge >= 0.3 is 0 Å². The number of para-hydroxylation sites is 1. The normalized spacial score (nSPS) is 12.3. The Kier molecular flexibility index (Phi) is 3.95. The molecule has 1 unspecified atom stereocenters. The van der Waals surface area contributed by atoms with Crippen molar-refractivity contribution in [3.8, 4) is 5.69 Å². The molecule has 0 aliphatic rings. The van der Waals surface area contributed by atoms with E-state index in [1.165, 1.54) is 12.1 Å². The van der Waals surface area contributed by atoms with Crippen molar-refractivity contribution in [3.63, 3.8) is 0 Å². The Morgan fingerprint density at radius 3 is 2.57 bits per heavy atom. The van der Waals surface area contributed by atoms with Crippen LogP contribution in [0.5, 0.6) is 0 Å². The van der Waals surface area contributed by atoms with Crippen LogP contribution in [0.4, 0.5) is 4.39 Å². The van der Waals surface area contributed by atoms with Crippen molar-refractivity contribution in [1.29, 1.82) is 0 Å². The maximum Gasteiger partial charge on any atom is 0.124 e. The van der Waals surface area contributed by atoms with Crippen LogP contribution in [0.1, 0.15) is 16.5 Å². The molecule has 0 spiro atoms. The molecule has 0 fully saturated rings. The van der Waals surface area contributed by atoms with Gasteiger partial charge in [0.15, 0.2) is 0 Å². The highest BCUT2D eigenvalue weighted by Crippen LogP contribution is 2.33. The third-order valence-corrected chi connectivity index (χ3v) is 3.97. The van der Waals surface area contributed by atoms with E-state index in [0.29, 0.717) is 10.6 Å². The lowest BCUT2D eigenvalue weighted by Crippen LogP contribution is -1.95. The highest BCUT2D eigenvalue weighted by Gasteiger charge is 2.16. The van der Waals surface area contributed by atoms with Crippen LogP contribution in [0.15, 0.2) is 60.9 Å². The number of alkyl halides is 1. The van der Waals surface area contributed by atoms with Gasteiger partial charge in [0.2, 0.25) is 0 Å². The highest BCUT2D eigenvalue weighted by atomic mass is 35.5. The van der Waals surface area contributed by atoms with Gasteiger partial charge < -0.3 is 0 Å². The lowest BCUT2D eigenvalue weighted by atomic mass is 10.1. The zero-order valence-electron chi connectivity index (χ0n) is 10.9. The standard InChI is InChI=1S/C16H11Cl2FN2/c17-15-8-12(19)6-7-14(15)16(18)11-9-20-21(10-11)13-4-2-1-3-5-13/h1-10,16H. The second-order valence-electron chi connectivity index (χ2n) is 4.58. The molecule has 0 aliphatic heterocycles. The van der Waals surface area contributed by atoms with Crippen LogP contribution in [0, 0.1) is 5.82 Å². The van der Waals surface area contributed by atoms with Gasteiger partial charge in [0.05, 0.1) is 17.3 Å². The number of nitrogens with zero attached hydrogens (tertiary/aromatic N) is 2. The van der Waals surface area contributed by atoms with Crippen molar-refractivity contribution >= 4 is 23.2 Å². The molecule has 0 N–H and O–H groups in total. The van der Waals surface area contributed by atoms with Crippen LogP contribution >= 0.6 is 23.2 Å². The molecule has 1 aromatic heterocycles. The molecule has 3 rings (SSSR count). The highest BCUT2D eigenvalue weighted by molar-refractivity contribution is 6.33. The summed E-state index contributed by atoms with van der Waals surface area (Å²) in [5, 5.41) is 4.13. The lowest BCUT2D eigenvalue weighted by molar-refractivity contribution is 0.627. The molecular formula is C16H11Cl2FN2. The van der Waals surface area contributed by atoms with Crippen LogP contribution in [0.25, 0.3) is 5.69 Å². The Bertz CT molecular complexity index is 756. The second kappa shape index (κ2) is 5.88. The molecule has 0 saturated heterocycles. The largest absolute Gasteiger partial charge is 0.241 e. The first-order valence-electron chi connectivity index (χ1n) is 6.34. The summed E-state index contributed by atoms with van der Waals surface area (Å²) in [5.74, 6) is -0.382. The summed E-state index contributed by atoms with van der Waals surface area (Å²) < 4.78 is 14.8. The van der Waals surface area contributed by atoms with Gasteiger partial charge in [-0.05, 0) is 29.8 Å². The van der Waals surface area contributed by atoms with Crippen LogP contribution < -0.4 is 0 Å². The molecular weight excluding hydrogens is 310 g/mol. The van der Waals surface area contributed by atoms with Gasteiger partial charge in [-0.3, -0.25) is 0 Å². The summed E-state index contributed by atoms with van der Waals surface area (Å²) in [4.78, 5) is 0. The van der Waals surface area contributed by atoms with E-state index in [2.05, 4.69) is 5.10 Å². The van der Waals surface area contributed by atoms with Crippen LogP contribution in [0.2, 0.25) is 5.02 Å². The first kappa shape index (κ1) is 14.1. The summed E-state index contributed by atoms with van der Waals surface area (Å²) >= 11 is 12.5. The first-order chi connectivity index (χ1) is 10.1. The predicted molar refractivity (Wildman–Crippen MR) is 82.7 cm³/mol. The molecule has 2 nitrogen and oxygen atoms in total. The molecule has 21 heavy (non-hydrogen) atoms. The number of aromatic nitrogens is 2. The van der Waals surface area contributed by atoms with Gasteiger partial charge in [-0.2, -0.15) is 5.10 Å². The molecule has 1 atom stereocenters. The Morgan fingerprint density at radius 1 is 1.10 bits per heavy atom. The number of hydrogen-bond donors (Lipinski definition) is 0. The van der Waals surface area contributed by atoms with E-state index in [-0.39, 0.29) is 5.82 Å². The van der Waals surface area contributed by atoms with Crippen LogP contribution in [-0.4, -0.2) is 9.78 Å². The predicted octanol–water partition coefficient (Wildman–Crippen LogP) is 4.99. The van der Waals surface area contributed by atoms with Crippen molar-refractivity contribution in [1.82, 2.24) is 9.78 Å². The fourth-order valence-corrected chi connectivity index (χ4v) is 2.71. The molecule has 3 aromatic rings. The summed E-state index contributed by atoms with van der Waals surface area (Å²) in [6.45, 7) is 0. The number of benzene rings is 2. The minimum Gasteiger partial charge on any atom is -0.241 e. The van der Waals surface area contributed by atoms with Crippen molar-refractivity contribution in [3.05, 3.63) is 82.9 Å². The minimum absolute atomic E-state index is 0.308. The minimum atomic E-state index is -0.476. The van der Waals surface area contributed by atoms with Gasteiger partial charge in [-0.1, -0.05) is 35.9 Å². The molecule has 0 amide bonds. The molecule has 106 valence electrons. The van der Waals surface area contributed by atoms with Gasteiger partial charge in [0, 0.05) is 16.8 Å². The maximum atomic E-state index is 13.1. The number of halogens is 3. The topological polar surface area (TPSA) is 17.8 Å². The number of hydrogen-bond acceptors (Lipinski definition) is 1. The third kappa shape index (κ3) is 2.94. The van der Waals surface area contributed by atoms with E-state index in [9.17, 15) is 4.39 Å². The van der Waals surface area contributed by atoms with Crippen molar-refractivity contribution in [2.75, 3.05) is 0 Å². The van der Waals surface area contributed by atoms with Gasteiger partial charge in [0.25, 0.3) is 0 Å². The van der Waals surface area contributed by atoms with Crippen LogP contribution in [-0.2, 0) is 0 Å². The monoisotopic (exact) mass is 320 g/mol. The Hall–Kier alpha value is -1.84. The molecule has 0 bridgehead atoms. The Labute approximate surface area is 131 Å². The second-order valence-corrected chi connectivity index (χ2v) is 5.43. The summed E-state index contributed by atoms with van der Waals surface area (Å²) in [6, 6.07) is 13.9. The van der Waals surface area contributed by atoms with Crippen molar-refractivity contribution in [2.45, 2.75) is 5.38 Å². The maximum absolute atomic E-state index is 13.1. The quantitative estimate of drug-likeness (QED) is 0.621. The zero-order chi connectivity index (χ0) is 14.8. The molecule has 0 aliphatic carbocycles. The summed E-state index contributed by atoms with van der Waals surface area (Å²) in [6.07, 6.45) is 3.52. The SMILES string of the molecule is Fc1ccc(C(Cl)c2cnn(-c3ccccc3)c2)c(Cl)c1. The molecule has 2 aromatic carbocycles. The Morgan fingerprint density at radius 2 is 1.86 bits per heavy atom. The first-order valence-corrected chi connectivity index (χ1v) is 7.15. The zero-order valence-corrected chi connectivity index (χ0v) is 12.4. The lowest BCUT2D eigenvalue weighted by Gasteiger charge is -2.09. The van der Waals surface area contributed by atoms with E-state index in [4.69, 9.17) is 23.2 Å². The number of rotatable bonds is 3. The summed E-state index contributed by atoms with van der Waals surface area (Å²) in [7, 11) is 0. The van der Waals surface area contributed by atoms with Gasteiger partial charge in [0.1, 0.15) is 5.82 Å². The van der Waals surface area contributed by atoms with Crippen molar-refractivity contribution in [2.24, 2.45) is 0 Å². The average molecular weight is 321 g/mol. The van der Waals surface area contributed by atoms with Crippen LogP contribution in [0.3, 0.4) is 0 Å². The van der Waals surface area contributed by atoms with E-state index in [0.717, 1.165) is 11.3 Å². The summed E-state index contributed by atoms with van der Waals surface area (Å²) in [5.41, 5.74) is 2.40. The van der Waals surface area contributed by atoms with E-state index in [1.54, 1.807) is 16.9 Å². The molecule has 0 radical (unpaired) electrons. The van der Waals surface area contributed by atoms with E-state index in [1.807, 2.05) is 36.5 Å². The van der Waals surface area contributed by atoms with E-state index < -0.39 is 5.38 Å². The van der Waals surface area contributed by atoms with E-state index >= 15 is 0 Å². The molecule has 1 heterocycles. The smallest absolute Gasteiger partial charge is 0.124 e. The average Bonchev–Trinajstić information content (AvgIpc) is 2.97. The fourth-order valence-electron chi connectivity index (χ4n) is 2.08. The Balaban J connectivity index is 1.92. The molecule has 5 heteroatoms. The van der Waals surface area contributed by atoms with Gasteiger partial charge in [-0.15, -0.1) is 11.6 Å². The van der Waals surface area contributed by atoms with Gasteiger partial charge in [-0.25, -0.2) is 9.07 Å². The molecule has 0 saturated carbocycles. The fraction of sp³-hybridized carbons (Fsp3) is 0.0625. The third-order valence-electron chi connectivity index (χ3n) is 3.15. The van der Waals surface area contributed by atoms with Crippen molar-refractivity contribution < 1.29 is 4.39 Å².